The molecule has 5 heteroatoms. The lowest BCUT2D eigenvalue weighted by Crippen LogP contribution is -2.53. The summed E-state index contributed by atoms with van der Waals surface area (Å²) in [5, 5.41) is 3.91. The summed E-state index contributed by atoms with van der Waals surface area (Å²) >= 11 is 0. The van der Waals surface area contributed by atoms with Gasteiger partial charge in [0.1, 0.15) is 0 Å². The van der Waals surface area contributed by atoms with E-state index in [-0.39, 0.29) is 0 Å². The van der Waals surface area contributed by atoms with Gasteiger partial charge in [0, 0.05) is 63.4 Å². The summed E-state index contributed by atoms with van der Waals surface area (Å²) < 4.78 is 11.3. The Morgan fingerprint density at radius 2 is 1.81 bits per heavy atom. The van der Waals surface area contributed by atoms with Crippen LogP contribution in [0.1, 0.15) is 31.4 Å². The van der Waals surface area contributed by atoms with Gasteiger partial charge in [-0.1, -0.05) is 30.3 Å². The predicted octanol–water partition coefficient (Wildman–Crippen LogP) is 2.15. The number of hydrogen-bond donors (Lipinski definition) is 1. The lowest BCUT2D eigenvalue weighted by molar-refractivity contribution is 0.000855. The van der Waals surface area contributed by atoms with Crippen LogP contribution < -0.4 is 5.32 Å². The molecule has 3 saturated heterocycles. The van der Waals surface area contributed by atoms with Crippen LogP contribution in [0.2, 0.25) is 0 Å². The Kier molecular flexibility index (Phi) is 6.79. The highest BCUT2D eigenvalue weighted by molar-refractivity contribution is 5.18. The maximum atomic E-state index is 5.70. The first-order chi connectivity index (χ1) is 13.3. The first-order valence-corrected chi connectivity index (χ1v) is 10.7. The monoisotopic (exact) mass is 373 g/mol. The SMILES string of the molecule is C[C@H](c1ccccc1)N1CC[C@H](NC[C@@H]([C@H]2CCOC2)N2CCOCC2)C1. The molecule has 0 unspecified atom stereocenters. The number of benzene rings is 1. The van der Waals surface area contributed by atoms with Gasteiger partial charge in [-0.05, 0) is 25.3 Å². The lowest BCUT2D eigenvalue weighted by Gasteiger charge is -2.38. The largest absolute Gasteiger partial charge is 0.381 e. The summed E-state index contributed by atoms with van der Waals surface area (Å²) in [6, 6.07) is 12.6. The van der Waals surface area contributed by atoms with Gasteiger partial charge in [0.25, 0.3) is 0 Å². The molecule has 150 valence electrons. The molecule has 1 aromatic rings. The Hall–Kier alpha value is -0.980. The summed E-state index contributed by atoms with van der Waals surface area (Å²) in [4.78, 5) is 5.25. The van der Waals surface area contributed by atoms with Gasteiger partial charge in [-0.2, -0.15) is 0 Å². The smallest absolute Gasteiger partial charge is 0.0594 e. The van der Waals surface area contributed by atoms with Crippen molar-refractivity contribution >= 4 is 0 Å². The second-order valence-corrected chi connectivity index (χ2v) is 8.31. The summed E-state index contributed by atoms with van der Waals surface area (Å²) in [5.74, 6) is 0.663. The quantitative estimate of drug-likeness (QED) is 0.793. The molecule has 3 fully saturated rings. The molecule has 5 nitrogen and oxygen atoms in total. The van der Waals surface area contributed by atoms with Crippen LogP contribution in [0.5, 0.6) is 0 Å². The molecule has 0 aromatic heterocycles. The van der Waals surface area contributed by atoms with Crippen molar-refractivity contribution in [2.45, 2.75) is 37.9 Å². The van der Waals surface area contributed by atoms with Crippen molar-refractivity contribution in [3.05, 3.63) is 35.9 Å². The zero-order valence-electron chi connectivity index (χ0n) is 16.7. The first-order valence-electron chi connectivity index (χ1n) is 10.7. The minimum absolute atomic E-state index is 0.497. The molecule has 1 N–H and O–H groups in total. The first kappa shape index (κ1) is 19.3. The number of rotatable bonds is 7. The fraction of sp³-hybridized carbons (Fsp3) is 0.727. The third kappa shape index (κ3) is 4.90. The van der Waals surface area contributed by atoms with E-state index in [1.807, 2.05) is 0 Å². The van der Waals surface area contributed by atoms with Gasteiger partial charge in [-0.3, -0.25) is 9.80 Å². The van der Waals surface area contributed by atoms with Gasteiger partial charge in [0.15, 0.2) is 0 Å². The number of nitrogens with zero attached hydrogens (tertiary/aromatic N) is 2. The minimum atomic E-state index is 0.497. The van der Waals surface area contributed by atoms with Crippen LogP contribution in [-0.2, 0) is 9.47 Å². The second-order valence-electron chi connectivity index (χ2n) is 8.31. The molecule has 4 rings (SSSR count). The molecule has 0 spiro atoms. The van der Waals surface area contributed by atoms with E-state index in [0.717, 1.165) is 52.6 Å². The molecule has 0 bridgehead atoms. The highest BCUT2D eigenvalue weighted by Crippen LogP contribution is 2.26. The van der Waals surface area contributed by atoms with E-state index in [0.29, 0.717) is 24.0 Å². The third-order valence-corrected chi connectivity index (χ3v) is 6.69. The number of hydrogen-bond acceptors (Lipinski definition) is 5. The normalized spacial score (nSPS) is 29.8. The lowest BCUT2D eigenvalue weighted by atomic mass is 9.96. The standard InChI is InChI=1S/C22H35N3O2/c1-18(19-5-3-2-4-6-19)25-9-7-21(16-25)23-15-22(20-8-12-27-17-20)24-10-13-26-14-11-24/h2-6,18,20-23H,7-17H2,1H3/t18-,20+,21+,22+/m1/s1. The Labute approximate surface area is 164 Å². The third-order valence-electron chi connectivity index (χ3n) is 6.69. The Morgan fingerprint density at radius 1 is 1.00 bits per heavy atom. The van der Waals surface area contributed by atoms with E-state index in [1.165, 1.54) is 24.9 Å². The molecule has 0 aliphatic carbocycles. The number of likely N-dealkylation sites (tertiary alicyclic amines) is 1. The van der Waals surface area contributed by atoms with Crippen LogP contribution in [0, 0.1) is 5.92 Å². The average Bonchev–Trinajstić information content (AvgIpc) is 3.42. The summed E-state index contributed by atoms with van der Waals surface area (Å²) in [6.45, 7) is 11.5. The highest BCUT2D eigenvalue weighted by Gasteiger charge is 2.33. The van der Waals surface area contributed by atoms with Gasteiger partial charge in [0.2, 0.25) is 0 Å². The van der Waals surface area contributed by atoms with Crippen molar-refractivity contribution in [2.75, 3.05) is 59.2 Å². The molecule has 4 atom stereocenters. The van der Waals surface area contributed by atoms with Crippen molar-refractivity contribution < 1.29 is 9.47 Å². The fourth-order valence-corrected chi connectivity index (χ4v) is 4.89. The molecule has 27 heavy (non-hydrogen) atoms. The van der Waals surface area contributed by atoms with Crippen molar-refractivity contribution in [3.8, 4) is 0 Å². The second kappa shape index (κ2) is 9.48. The number of morpholine rings is 1. The van der Waals surface area contributed by atoms with Gasteiger partial charge in [-0.15, -0.1) is 0 Å². The summed E-state index contributed by atoms with van der Waals surface area (Å²) in [7, 11) is 0. The van der Waals surface area contributed by atoms with Crippen LogP contribution in [-0.4, -0.2) is 81.0 Å². The van der Waals surface area contributed by atoms with Gasteiger partial charge < -0.3 is 14.8 Å². The van der Waals surface area contributed by atoms with Crippen molar-refractivity contribution in [1.82, 2.24) is 15.1 Å². The predicted molar refractivity (Wildman–Crippen MR) is 108 cm³/mol. The van der Waals surface area contributed by atoms with Gasteiger partial charge >= 0.3 is 0 Å². The van der Waals surface area contributed by atoms with E-state index in [2.05, 4.69) is 52.4 Å². The Balaban J connectivity index is 1.30. The minimum Gasteiger partial charge on any atom is -0.381 e. The molecular weight excluding hydrogens is 338 g/mol. The van der Waals surface area contributed by atoms with E-state index in [4.69, 9.17) is 9.47 Å². The van der Waals surface area contributed by atoms with E-state index < -0.39 is 0 Å². The van der Waals surface area contributed by atoms with Crippen LogP contribution in [0.3, 0.4) is 0 Å². The summed E-state index contributed by atoms with van der Waals surface area (Å²) in [6.07, 6.45) is 2.44. The van der Waals surface area contributed by atoms with E-state index >= 15 is 0 Å². The molecule has 3 aliphatic heterocycles. The molecule has 3 aliphatic rings. The zero-order valence-corrected chi connectivity index (χ0v) is 16.7. The fourth-order valence-electron chi connectivity index (χ4n) is 4.89. The molecular formula is C22H35N3O2. The zero-order chi connectivity index (χ0) is 18.5. The Bertz CT molecular complexity index is 558. The molecule has 0 radical (unpaired) electrons. The molecule has 0 amide bonds. The molecule has 3 heterocycles. The maximum Gasteiger partial charge on any atom is 0.0594 e. The topological polar surface area (TPSA) is 37.0 Å². The Morgan fingerprint density at radius 3 is 2.56 bits per heavy atom. The van der Waals surface area contributed by atoms with Crippen LogP contribution in [0.25, 0.3) is 0 Å². The van der Waals surface area contributed by atoms with Crippen LogP contribution in [0.15, 0.2) is 30.3 Å². The van der Waals surface area contributed by atoms with Crippen LogP contribution >= 0.6 is 0 Å². The van der Waals surface area contributed by atoms with Crippen molar-refractivity contribution in [2.24, 2.45) is 5.92 Å². The average molecular weight is 374 g/mol. The van der Waals surface area contributed by atoms with Gasteiger partial charge in [0.05, 0.1) is 19.8 Å². The van der Waals surface area contributed by atoms with Crippen molar-refractivity contribution in [1.29, 1.82) is 0 Å². The number of nitrogens with one attached hydrogen (secondary N) is 1. The highest BCUT2D eigenvalue weighted by atomic mass is 16.5. The molecule has 0 saturated carbocycles. The van der Waals surface area contributed by atoms with Crippen LogP contribution in [0.4, 0.5) is 0 Å². The van der Waals surface area contributed by atoms with Gasteiger partial charge in [-0.25, -0.2) is 0 Å². The molecule has 1 aromatic carbocycles. The van der Waals surface area contributed by atoms with E-state index in [1.54, 1.807) is 0 Å². The maximum absolute atomic E-state index is 5.70. The summed E-state index contributed by atoms with van der Waals surface area (Å²) in [5.41, 5.74) is 1.42. The van der Waals surface area contributed by atoms with Crippen molar-refractivity contribution in [3.63, 3.8) is 0 Å². The van der Waals surface area contributed by atoms with E-state index in [9.17, 15) is 0 Å². The number of ether oxygens (including phenoxy) is 2.